The van der Waals surface area contributed by atoms with Crippen molar-refractivity contribution in [1.29, 1.82) is 0 Å². The number of carbonyl (C=O) groups excluding carboxylic acids is 2. The van der Waals surface area contributed by atoms with Crippen LogP contribution in [0.3, 0.4) is 0 Å². The van der Waals surface area contributed by atoms with Crippen LogP contribution in [0, 0.1) is 13.8 Å². The summed E-state index contributed by atoms with van der Waals surface area (Å²) in [5.41, 5.74) is 6.08. The molecule has 3 aromatic carbocycles. The van der Waals surface area contributed by atoms with E-state index in [1.54, 1.807) is 25.1 Å². The molecule has 0 unspecified atom stereocenters. The number of aryl methyl sites for hydroxylation is 1. The monoisotopic (exact) mass is 486 g/mol. The van der Waals surface area contributed by atoms with E-state index in [1.807, 2.05) is 66.9 Å². The van der Waals surface area contributed by atoms with Crippen molar-refractivity contribution in [3.63, 3.8) is 0 Å². The summed E-state index contributed by atoms with van der Waals surface area (Å²) in [6.07, 6.45) is 1.14. The maximum absolute atomic E-state index is 13.1. The molecule has 0 spiro atoms. The van der Waals surface area contributed by atoms with Crippen LogP contribution in [-0.4, -0.2) is 30.9 Å². The fraction of sp³-hybridized carbons (Fsp3) is 0.143. The molecule has 0 atom stereocenters. The highest BCUT2D eigenvalue weighted by atomic mass is 32.2. The number of ketones is 1. The molecular formula is C28H26N2O4S. The zero-order valence-electron chi connectivity index (χ0n) is 20.0. The molecule has 178 valence electrons. The first-order valence-corrected chi connectivity index (χ1v) is 13.0. The van der Waals surface area contributed by atoms with Gasteiger partial charge in [0.2, 0.25) is 0 Å². The minimum absolute atomic E-state index is 0.00109. The number of sulfone groups is 1. The average Bonchev–Trinajstić information content (AvgIpc) is 3.12. The number of hydrogen-bond donors (Lipinski definition) is 1. The lowest BCUT2D eigenvalue weighted by atomic mass is 10.00. The molecule has 0 saturated carbocycles. The van der Waals surface area contributed by atoms with Gasteiger partial charge in [-0.1, -0.05) is 36.4 Å². The largest absolute Gasteiger partial charge is 0.322 e. The van der Waals surface area contributed by atoms with Crippen LogP contribution in [0.25, 0.3) is 16.8 Å². The average molecular weight is 487 g/mol. The van der Waals surface area contributed by atoms with Crippen molar-refractivity contribution in [1.82, 2.24) is 4.57 Å². The summed E-state index contributed by atoms with van der Waals surface area (Å²) >= 11 is 0. The highest BCUT2D eigenvalue weighted by molar-refractivity contribution is 7.90. The van der Waals surface area contributed by atoms with Gasteiger partial charge < -0.3 is 9.88 Å². The van der Waals surface area contributed by atoms with Gasteiger partial charge in [-0.3, -0.25) is 9.59 Å². The zero-order chi connectivity index (χ0) is 25.3. The third-order valence-corrected chi connectivity index (χ3v) is 7.07. The predicted octanol–water partition coefficient (Wildman–Crippen LogP) is 5.62. The molecule has 0 aliphatic heterocycles. The first-order chi connectivity index (χ1) is 16.6. The molecule has 35 heavy (non-hydrogen) atoms. The Kier molecular flexibility index (Phi) is 6.45. The van der Waals surface area contributed by atoms with Crippen LogP contribution in [0.2, 0.25) is 0 Å². The Morgan fingerprint density at radius 2 is 1.54 bits per heavy atom. The van der Waals surface area contributed by atoms with Gasteiger partial charge >= 0.3 is 0 Å². The summed E-state index contributed by atoms with van der Waals surface area (Å²) in [4.78, 5) is 25.2. The third-order valence-electron chi connectivity index (χ3n) is 5.94. The SMILES string of the molecule is CC(=O)c1cccc(-c2ccccc2-n2c(C)cc(C(=O)Nc3ccc(S(C)(=O)=O)cc3)c2C)c1. The van der Waals surface area contributed by atoms with Gasteiger partial charge in [0, 0.05) is 34.5 Å². The van der Waals surface area contributed by atoms with Crippen molar-refractivity contribution in [2.24, 2.45) is 0 Å². The molecule has 1 aromatic heterocycles. The van der Waals surface area contributed by atoms with E-state index in [2.05, 4.69) is 5.32 Å². The zero-order valence-corrected chi connectivity index (χ0v) is 20.8. The summed E-state index contributed by atoms with van der Waals surface area (Å²) in [5.74, 6) is -0.284. The van der Waals surface area contributed by atoms with E-state index in [0.717, 1.165) is 34.5 Å². The second-order valence-corrected chi connectivity index (χ2v) is 10.5. The van der Waals surface area contributed by atoms with Crippen molar-refractivity contribution in [3.05, 3.63) is 101 Å². The Morgan fingerprint density at radius 3 is 2.20 bits per heavy atom. The topological polar surface area (TPSA) is 85.2 Å². The van der Waals surface area contributed by atoms with Gasteiger partial charge in [0.05, 0.1) is 16.1 Å². The number of hydrogen-bond acceptors (Lipinski definition) is 4. The van der Waals surface area contributed by atoms with Crippen molar-refractivity contribution >= 4 is 27.2 Å². The van der Waals surface area contributed by atoms with E-state index in [9.17, 15) is 18.0 Å². The standard InChI is InChI=1S/C28H26N2O4S/c1-18-16-26(28(32)29-23-12-14-24(15-13-23)35(4,33)34)19(2)30(18)27-11-6-5-10-25(27)22-9-7-8-21(17-22)20(3)31/h5-17H,1-4H3,(H,29,32). The Hall–Kier alpha value is -3.97. The molecular weight excluding hydrogens is 460 g/mol. The Bertz CT molecular complexity index is 1550. The van der Waals surface area contributed by atoms with Crippen LogP contribution < -0.4 is 5.32 Å². The molecule has 0 bridgehead atoms. The molecule has 0 aliphatic rings. The van der Waals surface area contributed by atoms with Crippen molar-refractivity contribution in [3.8, 4) is 16.8 Å². The lowest BCUT2D eigenvalue weighted by molar-refractivity contribution is 0.101. The number of nitrogens with zero attached hydrogens (tertiary/aromatic N) is 1. The minimum Gasteiger partial charge on any atom is -0.322 e. The summed E-state index contributed by atoms with van der Waals surface area (Å²) in [7, 11) is -3.31. The van der Waals surface area contributed by atoms with Crippen LogP contribution in [0.15, 0.2) is 83.8 Å². The van der Waals surface area contributed by atoms with Gasteiger partial charge in [-0.2, -0.15) is 0 Å². The number of nitrogens with one attached hydrogen (secondary N) is 1. The van der Waals surface area contributed by atoms with Gasteiger partial charge in [-0.25, -0.2) is 8.42 Å². The molecule has 4 rings (SSSR count). The summed E-state index contributed by atoms with van der Waals surface area (Å²) < 4.78 is 25.4. The van der Waals surface area contributed by atoms with Gasteiger partial charge in [-0.15, -0.1) is 0 Å². The highest BCUT2D eigenvalue weighted by Gasteiger charge is 2.19. The number of Topliss-reactive ketones (excluding diaryl/α,β-unsaturated/α-hetero) is 1. The number of rotatable bonds is 6. The second-order valence-electron chi connectivity index (χ2n) is 8.53. The molecule has 1 N–H and O–H groups in total. The van der Waals surface area contributed by atoms with E-state index < -0.39 is 9.84 Å². The van der Waals surface area contributed by atoms with E-state index >= 15 is 0 Å². The Balaban J connectivity index is 1.70. The predicted molar refractivity (Wildman–Crippen MR) is 138 cm³/mol. The number of benzene rings is 3. The van der Waals surface area contributed by atoms with Gasteiger partial charge in [0.15, 0.2) is 15.6 Å². The molecule has 0 radical (unpaired) electrons. The lowest BCUT2D eigenvalue weighted by Crippen LogP contribution is -2.13. The van der Waals surface area contributed by atoms with Crippen molar-refractivity contribution < 1.29 is 18.0 Å². The number of anilines is 1. The minimum atomic E-state index is -3.31. The van der Waals surface area contributed by atoms with Crippen LogP contribution in [0.5, 0.6) is 0 Å². The number of carbonyl (C=O) groups is 2. The van der Waals surface area contributed by atoms with E-state index in [-0.39, 0.29) is 16.6 Å². The molecule has 1 heterocycles. The first kappa shape index (κ1) is 24.2. The third kappa shape index (κ3) is 4.95. The first-order valence-electron chi connectivity index (χ1n) is 11.1. The number of amides is 1. The van der Waals surface area contributed by atoms with E-state index in [0.29, 0.717) is 16.8 Å². The summed E-state index contributed by atoms with van der Waals surface area (Å²) in [5, 5.41) is 2.85. The summed E-state index contributed by atoms with van der Waals surface area (Å²) in [6, 6.07) is 23.3. The second kappa shape index (κ2) is 9.35. The lowest BCUT2D eigenvalue weighted by Gasteiger charge is -2.16. The fourth-order valence-corrected chi connectivity index (χ4v) is 4.80. The van der Waals surface area contributed by atoms with Crippen LogP contribution in [-0.2, 0) is 9.84 Å². The Labute approximate surface area is 205 Å². The molecule has 0 fully saturated rings. The quantitative estimate of drug-likeness (QED) is 0.359. The van der Waals surface area contributed by atoms with Crippen molar-refractivity contribution in [2.75, 3.05) is 11.6 Å². The maximum Gasteiger partial charge on any atom is 0.257 e. The Morgan fingerprint density at radius 1 is 0.857 bits per heavy atom. The molecule has 4 aromatic rings. The van der Waals surface area contributed by atoms with Gasteiger partial charge in [-0.05, 0) is 68.8 Å². The van der Waals surface area contributed by atoms with Crippen LogP contribution >= 0.6 is 0 Å². The van der Waals surface area contributed by atoms with Crippen molar-refractivity contribution in [2.45, 2.75) is 25.7 Å². The highest BCUT2D eigenvalue weighted by Crippen LogP contribution is 2.31. The van der Waals surface area contributed by atoms with Crippen LogP contribution in [0.1, 0.15) is 39.0 Å². The summed E-state index contributed by atoms with van der Waals surface area (Å²) in [6.45, 7) is 5.37. The molecule has 1 amide bonds. The van der Waals surface area contributed by atoms with Gasteiger partial charge in [0.25, 0.3) is 5.91 Å². The van der Waals surface area contributed by atoms with E-state index in [4.69, 9.17) is 0 Å². The van der Waals surface area contributed by atoms with Gasteiger partial charge in [0.1, 0.15) is 0 Å². The van der Waals surface area contributed by atoms with Crippen LogP contribution in [0.4, 0.5) is 5.69 Å². The molecule has 6 nitrogen and oxygen atoms in total. The number of para-hydroxylation sites is 1. The van der Waals surface area contributed by atoms with E-state index in [1.165, 1.54) is 12.1 Å². The maximum atomic E-state index is 13.1. The smallest absolute Gasteiger partial charge is 0.257 e. The molecule has 7 heteroatoms. The molecule has 0 saturated heterocycles. The number of aromatic nitrogens is 1. The fourth-order valence-electron chi connectivity index (χ4n) is 4.17. The normalized spacial score (nSPS) is 11.3. The molecule has 0 aliphatic carbocycles.